The largest absolute Gasteiger partial charge is 0.501 e. The van der Waals surface area contributed by atoms with Gasteiger partial charge in [-0.3, -0.25) is 0 Å². The van der Waals surface area contributed by atoms with Crippen molar-refractivity contribution < 1.29 is 4.74 Å². The number of nitrogens with one attached hydrogen (secondary N) is 1. The van der Waals surface area contributed by atoms with Gasteiger partial charge in [0.25, 0.3) is 0 Å². The third-order valence-corrected chi connectivity index (χ3v) is 3.46. The number of hydrogen-bond donors (Lipinski definition) is 1. The Labute approximate surface area is 110 Å². The fraction of sp³-hybridized carbons (Fsp3) is 0.500. The van der Waals surface area contributed by atoms with Crippen LogP contribution in [0.25, 0.3) is 0 Å². The molecule has 0 aliphatic carbocycles. The lowest BCUT2D eigenvalue weighted by Gasteiger charge is -2.24. The van der Waals surface area contributed by atoms with Gasteiger partial charge in [-0.05, 0) is 42.5 Å². The van der Waals surface area contributed by atoms with Crippen molar-refractivity contribution in [3.05, 3.63) is 47.2 Å². The Bertz CT molecular complexity index is 394. The van der Waals surface area contributed by atoms with Gasteiger partial charge < -0.3 is 10.1 Å². The molecule has 98 valence electrons. The second kappa shape index (κ2) is 6.60. The van der Waals surface area contributed by atoms with Crippen molar-refractivity contribution in [3.63, 3.8) is 0 Å². The van der Waals surface area contributed by atoms with Crippen molar-refractivity contribution in [2.45, 2.75) is 39.2 Å². The van der Waals surface area contributed by atoms with Gasteiger partial charge in [0.15, 0.2) is 0 Å². The average molecular weight is 245 g/mol. The molecule has 0 aromatic heterocycles. The number of hydrogen-bond acceptors (Lipinski definition) is 2. The van der Waals surface area contributed by atoms with E-state index in [-0.39, 0.29) is 0 Å². The predicted molar refractivity (Wildman–Crippen MR) is 75.5 cm³/mol. The summed E-state index contributed by atoms with van der Waals surface area (Å²) in [5.74, 6) is 0. The van der Waals surface area contributed by atoms with E-state index in [0.717, 1.165) is 32.4 Å². The quantitative estimate of drug-likeness (QED) is 0.856. The standard InChI is InChI=1S/C16H23NO/c1-3-13-7-9-14(10-8-13)16(17-4-2)15-6-5-11-18-12-15/h7-10,12,16-17H,3-6,11H2,1-2H3. The fourth-order valence-corrected chi connectivity index (χ4v) is 2.41. The van der Waals surface area contributed by atoms with E-state index in [1.807, 2.05) is 6.26 Å². The monoisotopic (exact) mass is 245 g/mol. The Hall–Kier alpha value is -1.28. The van der Waals surface area contributed by atoms with Gasteiger partial charge in [0.05, 0.1) is 18.9 Å². The average Bonchev–Trinajstić information content (AvgIpc) is 2.46. The summed E-state index contributed by atoms with van der Waals surface area (Å²) in [4.78, 5) is 0. The van der Waals surface area contributed by atoms with Gasteiger partial charge in [0.1, 0.15) is 0 Å². The molecule has 1 N–H and O–H groups in total. The molecule has 0 saturated carbocycles. The van der Waals surface area contributed by atoms with E-state index in [1.54, 1.807) is 0 Å². The molecule has 0 saturated heterocycles. The summed E-state index contributed by atoms with van der Waals surface area (Å²) in [6, 6.07) is 9.23. The summed E-state index contributed by atoms with van der Waals surface area (Å²) in [7, 11) is 0. The third kappa shape index (κ3) is 3.14. The highest BCUT2D eigenvalue weighted by Gasteiger charge is 2.17. The van der Waals surface area contributed by atoms with Gasteiger partial charge >= 0.3 is 0 Å². The maximum atomic E-state index is 5.47. The smallest absolute Gasteiger partial charge is 0.0876 e. The van der Waals surface area contributed by atoms with Gasteiger partial charge in [-0.2, -0.15) is 0 Å². The summed E-state index contributed by atoms with van der Waals surface area (Å²) in [6.07, 6.45) is 5.30. The molecule has 2 rings (SSSR count). The van der Waals surface area contributed by atoms with E-state index in [1.165, 1.54) is 16.7 Å². The summed E-state index contributed by atoms with van der Waals surface area (Å²) < 4.78 is 5.47. The van der Waals surface area contributed by atoms with Crippen molar-refractivity contribution in [3.8, 4) is 0 Å². The lowest BCUT2D eigenvalue weighted by Crippen LogP contribution is -2.24. The number of ether oxygens (including phenoxy) is 1. The van der Waals surface area contributed by atoms with Crippen LogP contribution in [0, 0.1) is 0 Å². The molecule has 1 aromatic rings. The molecule has 0 amide bonds. The fourth-order valence-electron chi connectivity index (χ4n) is 2.41. The van der Waals surface area contributed by atoms with E-state index < -0.39 is 0 Å². The molecule has 1 unspecified atom stereocenters. The lowest BCUT2D eigenvalue weighted by atomic mass is 9.94. The number of benzene rings is 1. The zero-order chi connectivity index (χ0) is 12.8. The van der Waals surface area contributed by atoms with Gasteiger partial charge in [-0.15, -0.1) is 0 Å². The molecule has 1 aliphatic rings. The number of aryl methyl sites for hydroxylation is 1. The molecule has 0 spiro atoms. The second-order valence-electron chi connectivity index (χ2n) is 4.75. The van der Waals surface area contributed by atoms with Gasteiger partial charge in [-0.25, -0.2) is 0 Å². The Morgan fingerprint density at radius 1 is 1.22 bits per heavy atom. The maximum Gasteiger partial charge on any atom is 0.0876 e. The number of likely N-dealkylation sites (N-methyl/N-ethyl adjacent to an activating group) is 1. The Balaban J connectivity index is 2.19. The first-order valence-electron chi connectivity index (χ1n) is 6.98. The molecular formula is C16H23NO. The van der Waals surface area contributed by atoms with E-state index in [9.17, 15) is 0 Å². The van der Waals surface area contributed by atoms with Crippen LogP contribution < -0.4 is 5.32 Å². The van der Waals surface area contributed by atoms with Crippen LogP contribution in [0.3, 0.4) is 0 Å². The van der Waals surface area contributed by atoms with Crippen molar-refractivity contribution in [1.82, 2.24) is 5.32 Å². The molecule has 0 fully saturated rings. The molecule has 1 aliphatic heterocycles. The van der Waals surface area contributed by atoms with Crippen LogP contribution in [-0.4, -0.2) is 13.2 Å². The molecular weight excluding hydrogens is 222 g/mol. The number of rotatable bonds is 5. The van der Waals surface area contributed by atoms with E-state index >= 15 is 0 Å². The summed E-state index contributed by atoms with van der Waals surface area (Å²) in [5, 5.41) is 3.56. The van der Waals surface area contributed by atoms with Crippen LogP contribution in [0.5, 0.6) is 0 Å². The van der Waals surface area contributed by atoms with E-state index in [0.29, 0.717) is 6.04 Å². The minimum Gasteiger partial charge on any atom is -0.501 e. The van der Waals surface area contributed by atoms with Crippen molar-refractivity contribution in [2.75, 3.05) is 13.2 Å². The first kappa shape index (κ1) is 13.2. The van der Waals surface area contributed by atoms with Crippen LogP contribution in [0.1, 0.15) is 43.9 Å². The topological polar surface area (TPSA) is 21.3 Å². The maximum absolute atomic E-state index is 5.47. The van der Waals surface area contributed by atoms with Crippen molar-refractivity contribution >= 4 is 0 Å². The highest BCUT2D eigenvalue weighted by Crippen LogP contribution is 2.27. The summed E-state index contributed by atoms with van der Waals surface area (Å²) in [5.41, 5.74) is 4.10. The minimum atomic E-state index is 0.307. The Kier molecular flexibility index (Phi) is 4.82. The van der Waals surface area contributed by atoms with Gasteiger partial charge in [-0.1, -0.05) is 38.1 Å². The second-order valence-corrected chi connectivity index (χ2v) is 4.75. The Morgan fingerprint density at radius 2 is 2.00 bits per heavy atom. The van der Waals surface area contributed by atoms with E-state index in [4.69, 9.17) is 4.74 Å². The highest BCUT2D eigenvalue weighted by atomic mass is 16.5. The van der Waals surface area contributed by atoms with Gasteiger partial charge in [0, 0.05) is 0 Å². The van der Waals surface area contributed by atoms with Crippen molar-refractivity contribution in [2.24, 2.45) is 0 Å². The van der Waals surface area contributed by atoms with Crippen LogP contribution >= 0.6 is 0 Å². The zero-order valence-electron chi connectivity index (χ0n) is 11.4. The highest BCUT2D eigenvalue weighted by molar-refractivity contribution is 5.31. The molecule has 1 aromatic carbocycles. The van der Waals surface area contributed by atoms with Gasteiger partial charge in [0.2, 0.25) is 0 Å². The lowest BCUT2D eigenvalue weighted by molar-refractivity contribution is 0.219. The summed E-state index contributed by atoms with van der Waals surface area (Å²) in [6.45, 7) is 6.17. The summed E-state index contributed by atoms with van der Waals surface area (Å²) >= 11 is 0. The van der Waals surface area contributed by atoms with Crippen LogP contribution in [0.2, 0.25) is 0 Å². The van der Waals surface area contributed by atoms with Crippen molar-refractivity contribution in [1.29, 1.82) is 0 Å². The molecule has 18 heavy (non-hydrogen) atoms. The first-order valence-corrected chi connectivity index (χ1v) is 6.98. The Morgan fingerprint density at radius 3 is 2.56 bits per heavy atom. The molecule has 2 nitrogen and oxygen atoms in total. The third-order valence-electron chi connectivity index (χ3n) is 3.46. The molecule has 0 radical (unpaired) electrons. The first-order chi connectivity index (χ1) is 8.85. The molecule has 2 heteroatoms. The van der Waals surface area contributed by atoms with Crippen LogP contribution in [0.4, 0.5) is 0 Å². The zero-order valence-corrected chi connectivity index (χ0v) is 11.4. The van der Waals surface area contributed by atoms with Crippen LogP contribution in [0.15, 0.2) is 36.1 Å². The normalized spacial score (nSPS) is 16.9. The van der Waals surface area contributed by atoms with Crippen LogP contribution in [-0.2, 0) is 11.2 Å². The molecule has 1 atom stereocenters. The molecule has 1 heterocycles. The SMILES string of the molecule is CCNC(C1=COCCC1)c1ccc(CC)cc1. The van der Waals surface area contributed by atoms with E-state index in [2.05, 4.69) is 43.4 Å². The minimum absolute atomic E-state index is 0.307. The molecule has 0 bridgehead atoms. The predicted octanol–water partition coefficient (Wildman–Crippen LogP) is 3.59.